The van der Waals surface area contributed by atoms with E-state index >= 15 is 0 Å². The number of carbonyl (C=O) groups is 2. The van der Waals surface area contributed by atoms with E-state index < -0.39 is 0 Å². The van der Waals surface area contributed by atoms with Crippen LogP contribution in [0.2, 0.25) is 5.02 Å². The predicted molar refractivity (Wildman–Crippen MR) is 89.3 cm³/mol. The molecule has 1 amide bonds. The molecule has 4 nitrogen and oxygen atoms in total. The molecule has 0 saturated carbocycles. The van der Waals surface area contributed by atoms with Gasteiger partial charge < -0.3 is 9.73 Å². The Bertz CT molecular complexity index is 787. The Labute approximate surface area is 139 Å². The first kappa shape index (κ1) is 15.8. The van der Waals surface area contributed by atoms with Crippen molar-refractivity contribution in [2.45, 2.75) is 33.6 Å². The minimum absolute atomic E-state index is 0.0445. The van der Waals surface area contributed by atoms with E-state index in [1.54, 1.807) is 31.2 Å². The Morgan fingerprint density at radius 3 is 2.52 bits per heavy atom. The van der Waals surface area contributed by atoms with E-state index in [0.717, 1.165) is 0 Å². The summed E-state index contributed by atoms with van der Waals surface area (Å²) in [5.41, 5.74) is 1.68. The second kappa shape index (κ2) is 5.53. The number of nitrogens with one attached hydrogen (secondary N) is 1. The van der Waals surface area contributed by atoms with Crippen LogP contribution in [-0.2, 0) is 6.42 Å². The van der Waals surface area contributed by atoms with Crippen molar-refractivity contribution in [2.75, 3.05) is 5.32 Å². The third-order valence-corrected chi connectivity index (χ3v) is 4.34. The van der Waals surface area contributed by atoms with Crippen LogP contribution >= 0.6 is 11.6 Å². The summed E-state index contributed by atoms with van der Waals surface area (Å²) in [5, 5.41) is 3.37. The summed E-state index contributed by atoms with van der Waals surface area (Å²) in [7, 11) is 0. The van der Waals surface area contributed by atoms with Crippen molar-refractivity contribution in [1.82, 2.24) is 0 Å². The van der Waals surface area contributed by atoms with Gasteiger partial charge in [0.25, 0.3) is 5.91 Å². The normalized spacial score (nSPS) is 16.1. The van der Waals surface area contributed by atoms with Crippen LogP contribution in [0.25, 0.3) is 0 Å². The molecule has 0 bridgehead atoms. The molecule has 1 N–H and O–H groups in total. The molecule has 120 valence electrons. The summed E-state index contributed by atoms with van der Waals surface area (Å²) in [4.78, 5) is 24.8. The molecular formula is C18H18ClNO3. The Balaban J connectivity index is 1.91. The number of rotatable bonds is 2. The molecule has 0 unspecified atom stereocenters. The summed E-state index contributed by atoms with van der Waals surface area (Å²) in [5.74, 6) is 0.508. The van der Waals surface area contributed by atoms with Gasteiger partial charge in [-0.25, -0.2) is 0 Å². The molecule has 0 aliphatic heterocycles. The molecule has 1 heterocycles. The van der Waals surface area contributed by atoms with Gasteiger partial charge in [0.15, 0.2) is 11.5 Å². The Morgan fingerprint density at radius 1 is 1.22 bits per heavy atom. The number of anilines is 1. The van der Waals surface area contributed by atoms with Crippen molar-refractivity contribution in [3.63, 3.8) is 0 Å². The number of Topliss-reactive ketones (excluding diaryl/α,β-unsaturated/α-hetero) is 1. The molecule has 5 heteroatoms. The van der Waals surface area contributed by atoms with E-state index in [-0.39, 0.29) is 22.9 Å². The van der Waals surface area contributed by atoms with Gasteiger partial charge in [0.2, 0.25) is 0 Å². The van der Waals surface area contributed by atoms with Crippen LogP contribution in [0, 0.1) is 12.3 Å². The van der Waals surface area contributed by atoms with Crippen LogP contribution in [0.4, 0.5) is 5.69 Å². The molecule has 1 aliphatic rings. The van der Waals surface area contributed by atoms with Crippen LogP contribution in [0.3, 0.4) is 0 Å². The Hall–Kier alpha value is -2.07. The highest BCUT2D eigenvalue weighted by Crippen LogP contribution is 2.38. The molecule has 0 saturated heterocycles. The maximum atomic E-state index is 12.5. The Kier molecular flexibility index (Phi) is 3.80. The third-order valence-electron chi connectivity index (χ3n) is 4.09. The standard InChI is InChI=1S/C18H18ClNO3/c1-10-15-13(21)8-18(2,3)9-14(15)23-16(10)17(22)20-12-6-4-11(19)5-7-12/h4-7H,8-9H2,1-3H3,(H,20,22). The molecular weight excluding hydrogens is 314 g/mol. The number of amides is 1. The zero-order chi connectivity index (χ0) is 16.8. The first-order chi connectivity index (χ1) is 10.8. The van der Waals surface area contributed by atoms with Crippen LogP contribution in [0.1, 0.15) is 52.5 Å². The summed E-state index contributed by atoms with van der Waals surface area (Å²) in [6, 6.07) is 6.83. The lowest BCUT2D eigenvalue weighted by Crippen LogP contribution is -2.26. The number of fused-ring (bicyclic) bond motifs is 1. The van der Waals surface area contributed by atoms with E-state index in [0.29, 0.717) is 40.4 Å². The zero-order valence-corrected chi connectivity index (χ0v) is 14.1. The quantitative estimate of drug-likeness (QED) is 0.871. The van der Waals surface area contributed by atoms with Crippen LogP contribution in [-0.4, -0.2) is 11.7 Å². The molecule has 23 heavy (non-hydrogen) atoms. The third kappa shape index (κ3) is 3.04. The molecule has 1 aromatic carbocycles. The van der Waals surface area contributed by atoms with Gasteiger partial charge in [-0.3, -0.25) is 9.59 Å². The van der Waals surface area contributed by atoms with Gasteiger partial charge in [0.1, 0.15) is 5.76 Å². The van der Waals surface area contributed by atoms with Gasteiger partial charge in [-0.05, 0) is 36.6 Å². The van der Waals surface area contributed by atoms with Gasteiger partial charge >= 0.3 is 0 Å². The number of ketones is 1. The maximum absolute atomic E-state index is 12.5. The molecule has 0 atom stereocenters. The van der Waals surface area contributed by atoms with Gasteiger partial charge in [0.05, 0.1) is 5.56 Å². The summed E-state index contributed by atoms with van der Waals surface area (Å²) in [6.07, 6.45) is 1.13. The first-order valence-corrected chi connectivity index (χ1v) is 7.87. The fraction of sp³-hybridized carbons (Fsp3) is 0.333. The number of benzene rings is 1. The minimum Gasteiger partial charge on any atom is -0.455 e. The lowest BCUT2D eigenvalue weighted by molar-refractivity contribution is 0.0898. The predicted octanol–water partition coefficient (Wildman–Crippen LogP) is 4.65. The van der Waals surface area contributed by atoms with Crippen LogP contribution in [0.15, 0.2) is 28.7 Å². The van der Waals surface area contributed by atoms with E-state index in [1.165, 1.54) is 0 Å². The maximum Gasteiger partial charge on any atom is 0.291 e. The summed E-state index contributed by atoms with van der Waals surface area (Å²) < 4.78 is 5.74. The van der Waals surface area contributed by atoms with Gasteiger partial charge in [-0.2, -0.15) is 0 Å². The van der Waals surface area contributed by atoms with E-state index in [4.69, 9.17) is 16.0 Å². The molecule has 0 fully saturated rings. The number of hydrogen-bond donors (Lipinski definition) is 1. The number of halogens is 1. The van der Waals surface area contributed by atoms with E-state index in [1.807, 2.05) is 13.8 Å². The zero-order valence-electron chi connectivity index (χ0n) is 13.3. The number of furan rings is 1. The highest BCUT2D eigenvalue weighted by Gasteiger charge is 2.37. The molecule has 1 aliphatic carbocycles. The van der Waals surface area contributed by atoms with E-state index in [2.05, 4.69) is 5.32 Å². The highest BCUT2D eigenvalue weighted by atomic mass is 35.5. The van der Waals surface area contributed by atoms with Crippen molar-refractivity contribution in [3.8, 4) is 0 Å². The smallest absolute Gasteiger partial charge is 0.291 e. The number of hydrogen-bond acceptors (Lipinski definition) is 3. The average Bonchev–Trinajstić information content (AvgIpc) is 2.77. The Morgan fingerprint density at radius 2 is 1.87 bits per heavy atom. The minimum atomic E-state index is -0.357. The fourth-order valence-electron chi connectivity index (χ4n) is 3.02. The lowest BCUT2D eigenvalue weighted by atomic mass is 9.76. The number of carbonyl (C=O) groups excluding carboxylic acids is 2. The second-order valence-corrected chi connectivity index (χ2v) is 7.19. The first-order valence-electron chi connectivity index (χ1n) is 7.49. The van der Waals surface area contributed by atoms with Crippen molar-refractivity contribution in [1.29, 1.82) is 0 Å². The van der Waals surface area contributed by atoms with Crippen LogP contribution < -0.4 is 5.32 Å². The second-order valence-electron chi connectivity index (χ2n) is 6.76. The highest BCUT2D eigenvalue weighted by molar-refractivity contribution is 6.30. The molecule has 1 aromatic heterocycles. The fourth-order valence-corrected chi connectivity index (χ4v) is 3.15. The largest absolute Gasteiger partial charge is 0.455 e. The molecule has 2 aromatic rings. The molecule has 3 rings (SSSR count). The van der Waals surface area contributed by atoms with Crippen molar-refractivity contribution in [2.24, 2.45) is 5.41 Å². The summed E-state index contributed by atoms with van der Waals surface area (Å²) >= 11 is 5.83. The van der Waals surface area contributed by atoms with Gasteiger partial charge in [-0.1, -0.05) is 25.4 Å². The summed E-state index contributed by atoms with van der Waals surface area (Å²) in [6.45, 7) is 5.81. The SMILES string of the molecule is Cc1c(C(=O)Nc2ccc(Cl)cc2)oc2c1C(=O)CC(C)(C)C2. The van der Waals surface area contributed by atoms with Gasteiger partial charge in [0, 0.05) is 29.1 Å². The molecule has 0 radical (unpaired) electrons. The monoisotopic (exact) mass is 331 g/mol. The van der Waals surface area contributed by atoms with Crippen molar-refractivity contribution < 1.29 is 14.0 Å². The van der Waals surface area contributed by atoms with Gasteiger partial charge in [-0.15, -0.1) is 0 Å². The molecule has 0 spiro atoms. The van der Waals surface area contributed by atoms with E-state index in [9.17, 15) is 9.59 Å². The van der Waals surface area contributed by atoms with Crippen LogP contribution in [0.5, 0.6) is 0 Å². The van der Waals surface area contributed by atoms with Crippen molar-refractivity contribution >= 4 is 29.0 Å². The topological polar surface area (TPSA) is 59.3 Å². The lowest BCUT2D eigenvalue weighted by Gasteiger charge is -2.27. The van der Waals surface area contributed by atoms with Crippen molar-refractivity contribution in [3.05, 3.63) is 51.9 Å². The average molecular weight is 332 g/mol.